The summed E-state index contributed by atoms with van der Waals surface area (Å²) < 4.78 is 37.4. The standard InChI is InChI=1S/C17H21F2N3O2/c1-22(2)9-10-23-14-5-3-12(4-6-14)15-20-16(24-21-15)13-7-8-17(18,19)11-13/h3-6,13H,7-11H2,1-2H3. The number of likely N-dealkylation sites (N-methyl/N-ethyl adjacent to an activating group) is 1. The number of halogens is 2. The predicted molar refractivity (Wildman–Crippen MR) is 85.3 cm³/mol. The van der Waals surface area contributed by atoms with Crippen molar-refractivity contribution in [3.05, 3.63) is 30.2 Å². The molecule has 0 N–H and O–H groups in total. The Bertz CT molecular complexity index is 671. The number of benzene rings is 1. The molecule has 1 fully saturated rings. The van der Waals surface area contributed by atoms with Gasteiger partial charge in [-0.25, -0.2) is 8.78 Å². The molecule has 1 atom stereocenters. The Hall–Kier alpha value is -2.02. The maximum atomic E-state index is 13.3. The second-order valence-electron chi connectivity index (χ2n) is 6.43. The fraction of sp³-hybridized carbons (Fsp3) is 0.529. The number of rotatable bonds is 6. The monoisotopic (exact) mass is 337 g/mol. The van der Waals surface area contributed by atoms with E-state index in [0.29, 0.717) is 24.7 Å². The summed E-state index contributed by atoms with van der Waals surface area (Å²) in [5.74, 6) is -1.49. The highest BCUT2D eigenvalue weighted by Gasteiger charge is 2.42. The van der Waals surface area contributed by atoms with Gasteiger partial charge >= 0.3 is 0 Å². The summed E-state index contributed by atoms with van der Waals surface area (Å²) in [6.45, 7) is 1.44. The molecule has 1 aromatic heterocycles. The van der Waals surface area contributed by atoms with Crippen LogP contribution in [0.4, 0.5) is 8.78 Å². The van der Waals surface area contributed by atoms with Crippen molar-refractivity contribution in [1.29, 1.82) is 0 Å². The Morgan fingerprint density at radius 1 is 1.29 bits per heavy atom. The van der Waals surface area contributed by atoms with Crippen LogP contribution in [-0.2, 0) is 0 Å². The van der Waals surface area contributed by atoms with E-state index < -0.39 is 5.92 Å². The molecule has 0 bridgehead atoms. The van der Waals surface area contributed by atoms with Crippen LogP contribution in [0, 0.1) is 0 Å². The molecule has 3 rings (SSSR count). The summed E-state index contributed by atoms with van der Waals surface area (Å²) in [5, 5.41) is 3.92. The van der Waals surface area contributed by atoms with E-state index in [4.69, 9.17) is 9.26 Å². The number of nitrogens with zero attached hydrogens (tertiary/aromatic N) is 3. The lowest BCUT2D eigenvalue weighted by Crippen LogP contribution is -2.19. The molecule has 130 valence electrons. The third-order valence-electron chi connectivity index (χ3n) is 4.11. The zero-order valence-corrected chi connectivity index (χ0v) is 13.8. The first-order valence-electron chi connectivity index (χ1n) is 8.02. The van der Waals surface area contributed by atoms with Crippen molar-refractivity contribution in [1.82, 2.24) is 15.0 Å². The van der Waals surface area contributed by atoms with Gasteiger partial charge in [0.2, 0.25) is 17.6 Å². The molecule has 5 nitrogen and oxygen atoms in total. The van der Waals surface area contributed by atoms with Crippen LogP contribution in [-0.4, -0.2) is 48.2 Å². The van der Waals surface area contributed by atoms with Crippen LogP contribution in [0.2, 0.25) is 0 Å². The number of ether oxygens (including phenoxy) is 1. The average Bonchev–Trinajstić information content (AvgIpc) is 3.14. The van der Waals surface area contributed by atoms with E-state index in [1.165, 1.54) is 0 Å². The summed E-state index contributed by atoms with van der Waals surface area (Å²) in [6.07, 6.45) is 0.0505. The van der Waals surface area contributed by atoms with Gasteiger partial charge in [0, 0.05) is 30.9 Å². The van der Waals surface area contributed by atoms with Crippen molar-refractivity contribution in [2.75, 3.05) is 27.2 Å². The quantitative estimate of drug-likeness (QED) is 0.806. The van der Waals surface area contributed by atoms with Gasteiger partial charge < -0.3 is 14.2 Å². The van der Waals surface area contributed by atoms with Gasteiger partial charge in [-0.2, -0.15) is 4.98 Å². The third kappa shape index (κ3) is 4.08. The minimum atomic E-state index is -2.62. The third-order valence-corrected chi connectivity index (χ3v) is 4.11. The SMILES string of the molecule is CN(C)CCOc1ccc(-c2noc(C3CCC(F)(F)C3)n2)cc1. The molecular weight excluding hydrogens is 316 g/mol. The zero-order chi connectivity index (χ0) is 17.2. The Balaban J connectivity index is 1.63. The first-order valence-corrected chi connectivity index (χ1v) is 8.02. The van der Waals surface area contributed by atoms with E-state index >= 15 is 0 Å². The highest BCUT2D eigenvalue weighted by atomic mass is 19.3. The molecule has 1 saturated carbocycles. The Labute approximate surface area is 139 Å². The lowest BCUT2D eigenvalue weighted by atomic mass is 10.1. The van der Waals surface area contributed by atoms with E-state index in [-0.39, 0.29) is 18.8 Å². The molecule has 1 unspecified atom stereocenters. The molecule has 2 aromatic rings. The van der Waals surface area contributed by atoms with Gasteiger partial charge in [0.05, 0.1) is 0 Å². The lowest BCUT2D eigenvalue weighted by Gasteiger charge is -2.10. The second kappa shape index (κ2) is 6.84. The Kier molecular flexibility index (Phi) is 4.80. The number of hydrogen-bond donors (Lipinski definition) is 0. The maximum Gasteiger partial charge on any atom is 0.248 e. The van der Waals surface area contributed by atoms with E-state index in [9.17, 15) is 8.78 Å². The first-order chi connectivity index (χ1) is 11.4. The van der Waals surface area contributed by atoms with E-state index in [1.807, 2.05) is 43.3 Å². The average molecular weight is 337 g/mol. The summed E-state index contributed by atoms with van der Waals surface area (Å²) in [5.41, 5.74) is 0.773. The number of hydrogen-bond acceptors (Lipinski definition) is 5. The normalized spacial score (nSPS) is 19.8. The topological polar surface area (TPSA) is 51.4 Å². The van der Waals surface area contributed by atoms with Gasteiger partial charge in [0.15, 0.2) is 0 Å². The molecule has 1 aliphatic carbocycles. The fourth-order valence-corrected chi connectivity index (χ4v) is 2.73. The van der Waals surface area contributed by atoms with Crippen molar-refractivity contribution >= 4 is 0 Å². The van der Waals surface area contributed by atoms with Crippen molar-refractivity contribution < 1.29 is 18.0 Å². The molecule has 1 aromatic carbocycles. The van der Waals surface area contributed by atoms with Crippen LogP contribution in [0.15, 0.2) is 28.8 Å². The molecule has 0 aliphatic heterocycles. The summed E-state index contributed by atoms with van der Waals surface area (Å²) in [6, 6.07) is 7.35. The van der Waals surface area contributed by atoms with Gasteiger partial charge in [-0.15, -0.1) is 0 Å². The zero-order valence-electron chi connectivity index (χ0n) is 13.8. The Morgan fingerprint density at radius 3 is 2.67 bits per heavy atom. The highest BCUT2D eigenvalue weighted by Crippen LogP contribution is 2.43. The van der Waals surface area contributed by atoms with Crippen molar-refractivity contribution in [2.45, 2.75) is 31.1 Å². The van der Waals surface area contributed by atoms with Crippen LogP contribution >= 0.6 is 0 Å². The van der Waals surface area contributed by atoms with Crippen LogP contribution < -0.4 is 4.74 Å². The van der Waals surface area contributed by atoms with Crippen molar-refractivity contribution in [3.63, 3.8) is 0 Å². The van der Waals surface area contributed by atoms with Crippen LogP contribution in [0.5, 0.6) is 5.75 Å². The molecule has 24 heavy (non-hydrogen) atoms. The lowest BCUT2D eigenvalue weighted by molar-refractivity contribution is 0.00690. The number of aromatic nitrogens is 2. The van der Waals surface area contributed by atoms with E-state index in [2.05, 4.69) is 10.1 Å². The first kappa shape index (κ1) is 16.8. The maximum absolute atomic E-state index is 13.3. The smallest absolute Gasteiger partial charge is 0.248 e. The second-order valence-corrected chi connectivity index (χ2v) is 6.43. The minimum Gasteiger partial charge on any atom is -0.492 e. The molecule has 1 heterocycles. The predicted octanol–water partition coefficient (Wildman–Crippen LogP) is 3.58. The summed E-state index contributed by atoms with van der Waals surface area (Å²) in [4.78, 5) is 6.33. The summed E-state index contributed by atoms with van der Waals surface area (Å²) >= 11 is 0. The van der Waals surface area contributed by atoms with Gasteiger partial charge in [-0.1, -0.05) is 5.16 Å². The Morgan fingerprint density at radius 2 is 2.04 bits per heavy atom. The van der Waals surface area contributed by atoms with Gasteiger partial charge in [-0.3, -0.25) is 0 Å². The largest absolute Gasteiger partial charge is 0.492 e. The fourth-order valence-electron chi connectivity index (χ4n) is 2.73. The van der Waals surface area contributed by atoms with Crippen LogP contribution in [0.25, 0.3) is 11.4 Å². The van der Waals surface area contributed by atoms with Crippen molar-refractivity contribution in [3.8, 4) is 17.1 Å². The molecule has 0 radical (unpaired) electrons. The highest BCUT2D eigenvalue weighted by molar-refractivity contribution is 5.55. The van der Waals surface area contributed by atoms with Crippen molar-refractivity contribution in [2.24, 2.45) is 0 Å². The number of alkyl halides is 2. The minimum absolute atomic E-state index is 0.117. The molecule has 7 heteroatoms. The van der Waals surface area contributed by atoms with Gasteiger partial charge in [0.1, 0.15) is 12.4 Å². The molecule has 0 saturated heterocycles. The molecule has 1 aliphatic rings. The van der Waals surface area contributed by atoms with Gasteiger partial charge in [-0.05, 0) is 44.8 Å². The summed E-state index contributed by atoms with van der Waals surface area (Å²) in [7, 11) is 3.97. The molecular formula is C17H21F2N3O2. The van der Waals surface area contributed by atoms with Gasteiger partial charge in [0.25, 0.3) is 0 Å². The molecule has 0 amide bonds. The van der Waals surface area contributed by atoms with E-state index in [0.717, 1.165) is 17.9 Å². The van der Waals surface area contributed by atoms with Crippen LogP contribution in [0.1, 0.15) is 31.1 Å². The van der Waals surface area contributed by atoms with E-state index in [1.54, 1.807) is 0 Å². The molecule has 0 spiro atoms. The van der Waals surface area contributed by atoms with Crippen LogP contribution in [0.3, 0.4) is 0 Å².